The molecule has 52 valence electrons. The Morgan fingerprint density at radius 1 is 1.56 bits per heavy atom. The third kappa shape index (κ3) is 3.45. The van der Waals surface area contributed by atoms with E-state index in [-0.39, 0.29) is 0 Å². The maximum Gasteiger partial charge on any atom is 0.511 e. The zero-order valence-corrected chi connectivity index (χ0v) is 4.52. The molecule has 0 radical (unpaired) electrons. The van der Waals surface area contributed by atoms with E-state index >= 15 is 0 Å². The first-order chi connectivity index (χ1) is 4.04. The van der Waals surface area contributed by atoms with Crippen LogP contribution in [0, 0.1) is 0 Å². The van der Waals surface area contributed by atoms with Gasteiger partial charge in [-0.2, -0.15) is 8.78 Å². The molecule has 0 heterocycles. The Labute approximate surface area is 49.5 Å². The highest BCUT2D eigenvalue weighted by Crippen LogP contribution is 2.07. The van der Waals surface area contributed by atoms with Crippen molar-refractivity contribution >= 4 is 6.16 Å². The van der Waals surface area contributed by atoms with Crippen molar-refractivity contribution in [3.8, 4) is 0 Å². The Morgan fingerprint density at radius 2 is 2.00 bits per heavy atom. The maximum absolute atomic E-state index is 11.3. The van der Waals surface area contributed by atoms with Gasteiger partial charge in [0.15, 0.2) is 5.76 Å². The number of allylic oxidation sites excluding steroid dienone is 1. The molecule has 0 unspecified atom stereocenters. The normalized spacial score (nSPS) is 8.33. The summed E-state index contributed by atoms with van der Waals surface area (Å²) < 4.78 is 26.1. The zero-order valence-electron chi connectivity index (χ0n) is 4.52. The molecule has 0 saturated carbocycles. The molecule has 0 aliphatic rings. The van der Waals surface area contributed by atoms with Crippen LogP contribution >= 0.6 is 0 Å². The summed E-state index contributed by atoms with van der Waals surface area (Å²) >= 11 is 0. The highest BCUT2D eigenvalue weighted by atomic mass is 19.3. The van der Waals surface area contributed by atoms with Gasteiger partial charge in [0.1, 0.15) is 0 Å². The van der Waals surface area contributed by atoms with Gasteiger partial charge in [-0.25, -0.2) is 4.79 Å². The number of carbonyl (C=O) groups is 1. The molecular weight excluding hydrogens is 134 g/mol. The van der Waals surface area contributed by atoms with E-state index < -0.39 is 18.0 Å². The first kappa shape index (κ1) is 7.87. The minimum atomic E-state index is -2.13. The molecule has 1 N–H and O–H groups in total. The Hall–Kier alpha value is -1.13. The van der Waals surface area contributed by atoms with E-state index in [0.29, 0.717) is 0 Å². The number of hydrogen-bond donors (Lipinski definition) is 1. The van der Waals surface area contributed by atoms with Gasteiger partial charge in [0.05, 0.1) is 0 Å². The van der Waals surface area contributed by atoms with Crippen LogP contribution in [-0.2, 0) is 4.74 Å². The molecule has 0 spiro atoms. The van der Waals surface area contributed by atoms with Gasteiger partial charge in [-0.1, -0.05) is 0 Å². The smallest absolute Gasteiger partial charge is 0.449 e. The summed E-state index contributed by atoms with van der Waals surface area (Å²) in [5.74, 6) is -0.887. The molecule has 9 heavy (non-hydrogen) atoms. The zero-order chi connectivity index (χ0) is 7.44. The number of carboxylic acid groups (broad SMARTS) is 1. The van der Waals surface area contributed by atoms with Crippen LogP contribution in [0.3, 0.4) is 0 Å². The van der Waals surface area contributed by atoms with Gasteiger partial charge in [-0.15, -0.1) is 0 Å². The van der Waals surface area contributed by atoms with Crippen molar-refractivity contribution in [3.63, 3.8) is 0 Å². The molecule has 0 saturated heterocycles. The van der Waals surface area contributed by atoms with E-state index in [2.05, 4.69) is 4.74 Å². The van der Waals surface area contributed by atoms with E-state index in [0.717, 1.165) is 6.92 Å². The summed E-state index contributed by atoms with van der Waals surface area (Å²) in [5.41, 5.74) is 0. The minimum Gasteiger partial charge on any atom is -0.449 e. The topological polar surface area (TPSA) is 46.5 Å². The molecule has 0 bridgehead atoms. The predicted molar refractivity (Wildman–Crippen MR) is 24.0 cm³/mol. The molecule has 0 aliphatic carbocycles. The van der Waals surface area contributed by atoms with Crippen molar-refractivity contribution in [1.82, 2.24) is 0 Å². The lowest BCUT2D eigenvalue weighted by molar-refractivity contribution is 0.113. The van der Waals surface area contributed by atoms with Crippen LogP contribution in [0.1, 0.15) is 6.92 Å². The van der Waals surface area contributed by atoms with Gasteiger partial charge in [-0.3, -0.25) is 0 Å². The lowest BCUT2D eigenvalue weighted by Crippen LogP contribution is -1.97. The quantitative estimate of drug-likeness (QED) is 0.444. The van der Waals surface area contributed by atoms with E-state index in [9.17, 15) is 13.6 Å². The first-order valence-electron chi connectivity index (χ1n) is 1.96. The number of rotatable bonds is 1. The van der Waals surface area contributed by atoms with Crippen LogP contribution in [-0.4, -0.2) is 11.3 Å². The minimum absolute atomic E-state index is 0.865. The van der Waals surface area contributed by atoms with Crippen LogP contribution in [0.5, 0.6) is 0 Å². The fraction of sp³-hybridized carbons (Fsp3) is 0.250. The third-order valence-electron chi connectivity index (χ3n) is 0.507. The van der Waals surface area contributed by atoms with Crippen LogP contribution in [0.15, 0.2) is 11.8 Å². The van der Waals surface area contributed by atoms with Crippen molar-refractivity contribution in [3.05, 3.63) is 11.8 Å². The molecule has 5 heteroatoms. The van der Waals surface area contributed by atoms with E-state index in [4.69, 9.17) is 5.11 Å². The van der Waals surface area contributed by atoms with Gasteiger partial charge in [0, 0.05) is 0 Å². The lowest BCUT2D eigenvalue weighted by Gasteiger charge is -1.94. The number of halogens is 2. The van der Waals surface area contributed by atoms with Crippen molar-refractivity contribution in [2.45, 2.75) is 6.92 Å². The maximum atomic E-state index is 11.3. The molecular formula is C4H4F2O3. The van der Waals surface area contributed by atoms with Crippen molar-refractivity contribution in [2.24, 2.45) is 0 Å². The van der Waals surface area contributed by atoms with Gasteiger partial charge >= 0.3 is 12.2 Å². The van der Waals surface area contributed by atoms with E-state index in [1.54, 1.807) is 0 Å². The second kappa shape index (κ2) is 3.01. The number of ether oxygens (including phenoxy) is 1. The average molecular weight is 138 g/mol. The summed E-state index contributed by atoms with van der Waals surface area (Å²) in [5, 5.41) is 7.74. The Kier molecular flexibility index (Phi) is 2.63. The van der Waals surface area contributed by atoms with Crippen molar-refractivity contribution in [1.29, 1.82) is 0 Å². The second-order valence-electron chi connectivity index (χ2n) is 1.18. The summed E-state index contributed by atoms with van der Waals surface area (Å²) in [6.45, 7) is 0.865. The molecule has 0 rings (SSSR count). The monoisotopic (exact) mass is 138 g/mol. The van der Waals surface area contributed by atoms with E-state index in [1.807, 2.05) is 0 Å². The van der Waals surface area contributed by atoms with Gasteiger partial charge in [0.25, 0.3) is 0 Å². The Morgan fingerprint density at radius 3 is 2.11 bits per heavy atom. The van der Waals surface area contributed by atoms with Gasteiger partial charge < -0.3 is 9.84 Å². The fourth-order valence-electron chi connectivity index (χ4n) is 0.170. The Balaban J connectivity index is 3.92. The van der Waals surface area contributed by atoms with Crippen LogP contribution in [0.25, 0.3) is 0 Å². The predicted octanol–water partition coefficient (Wildman–Crippen LogP) is 1.81. The average Bonchev–Trinajstić information content (AvgIpc) is 1.63. The molecule has 3 nitrogen and oxygen atoms in total. The third-order valence-corrected chi connectivity index (χ3v) is 0.507. The van der Waals surface area contributed by atoms with Crippen LogP contribution in [0.4, 0.5) is 13.6 Å². The van der Waals surface area contributed by atoms with Crippen molar-refractivity contribution in [2.75, 3.05) is 0 Å². The standard InChI is InChI=1S/C4H4F2O3/c1-2(3(5)6)9-4(7)8/h1H3,(H,7,8). The molecule has 0 aromatic carbocycles. The molecule has 0 aromatic rings. The van der Waals surface area contributed by atoms with Gasteiger partial charge in [0.2, 0.25) is 0 Å². The summed E-state index contributed by atoms with van der Waals surface area (Å²) in [4.78, 5) is 9.52. The summed E-state index contributed by atoms with van der Waals surface area (Å²) in [7, 11) is 0. The molecule has 0 atom stereocenters. The number of hydrogen-bond acceptors (Lipinski definition) is 2. The fourth-order valence-corrected chi connectivity index (χ4v) is 0.170. The molecule has 0 fully saturated rings. The lowest BCUT2D eigenvalue weighted by atomic mass is 10.6. The van der Waals surface area contributed by atoms with Gasteiger partial charge in [-0.05, 0) is 6.92 Å². The second-order valence-corrected chi connectivity index (χ2v) is 1.18. The van der Waals surface area contributed by atoms with Crippen molar-refractivity contribution < 1.29 is 23.4 Å². The van der Waals surface area contributed by atoms with Crippen LogP contribution < -0.4 is 0 Å². The first-order valence-corrected chi connectivity index (χ1v) is 1.96. The van der Waals surface area contributed by atoms with Crippen LogP contribution in [0.2, 0.25) is 0 Å². The largest absolute Gasteiger partial charge is 0.511 e. The molecule has 0 aliphatic heterocycles. The SMILES string of the molecule is CC(OC(=O)O)=C(F)F. The highest BCUT2D eigenvalue weighted by molar-refractivity contribution is 5.58. The summed E-state index contributed by atoms with van der Waals surface area (Å²) in [6, 6.07) is 0. The molecule has 0 aromatic heterocycles. The summed E-state index contributed by atoms with van der Waals surface area (Å²) in [6.07, 6.45) is -3.86. The highest BCUT2D eigenvalue weighted by Gasteiger charge is 2.04. The van der Waals surface area contributed by atoms with E-state index in [1.165, 1.54) is 0 Å². The molecule has 0 amide bonds. The Bertz CT molecular complexity index is 148.